The number of anilines is 1. The second kappa shape index (κ2) is 6.68. The summed E-state index contributed by atoms with van der Waals surface area (Å²) in [5, 5.41) is 1.07. The van der Waals surface area contributed by atoms with Gasteiger partial charge in [-0.05, 0) is 36.8 Å². The van der Waals surface area contributed by atoms with E-state index < -0.39 is 10.0 Å². The van der Waals surface area contributed by atoms with Gasteiger partial charge >= 0.3 is 0 Å². The predicted octanol–water partition coefficient (Wildman–Crippen LogP) is 4.39. The molecule has 0 saturated carbocycles. The molecule has 0 aliphatic carbocycles. The first kappa shape index (κ1) is 17.5. The Bertz CT molecular complexity index is 1240. The number of sulfonamides is 1. The van der Waals surface area contributed by atoms with E-state index in [1.165, 1.54) is 12.1 Å². The van der Waals surface area contributed by atoms with Crippen LogP contribution in [-0.4, -0.2) is 23.4 Å². The fourth-order valence-electron chi connectivity index (χ4n) is 2.77. The van der Waals surface area contributed by atoms with E-state index in [1.807, 2.05) is 19.2 Å². The highest BCUT2D eigenvalue weighted by Crippen LogP contribution is 2.30. The molecule has 8 heteroatoms. The molecule has 136 valence electrons. The Morgan fingerprint density at radius 2 is 1.74 bits per heavy atom. The van der Waals surface area contributed by atoms with Crippen LogP contribution in [0.15, 0.2) is 66.0 Å². The molecule has 1 aromatic carbocycles. The molecule has 27 heavy (non-hydrogen) atoms. The number of aromatic amines is 1. The van der Waals surface area contributed by atoms with Gasteiger partial charge in [0.2, 0.25) is 0 Å². The molecule has 3 heterocycles. The summed E-state index contributed by atoms with van der Waals surface area (Å²) in [6, 6.07) is 11.7. The number of nitrogens with one attached hydrogen (secondary N) is 2. The van der Waals surface area contributed by atoms with E-state index in [4.69, 9.17) is 11.6 Å². The molecule has 4 aromatic rings. The maximum Gasteiger partial charge on any atom is 0.261 e. The average molecular weight is 399 g/mol. The van der Waals surface area contributed by atoms with Gasteiger partial charge in [0.05, 0.1) is 10.6 Å². The predicted molar refractivity (Wildman–Crippen MR) is 106 cm³/mol. The Hall–Kier alpha value is -2.90. The molecule has 2 N–H and O–H groups in total. The Kier molecular flexibility index (Phi) is 4.33. The van der Waals surface area contributed by atoms with Crippen LogP contribution in [0.25, 0.3) is 22.2 Å². The third-order valence-electron chi connectivity index (χ3n) is 4.21. The first-order chi connectivity index (χ1) is 12.9. The molecule has 0 fully saturated rings. The van der Waals surface area contributed by atoms with Crippen LogP contribution in [0, 0.1) is 6.92 Å². The minimum absolute atomic E-state index is 0.0742. The number of fused-ring (bicyclic) bond motifs is 1. The lowest BCUT2D eigenvalue weighted by molar-refractivity contribution is 0.601. The molecule has 0 unspecified atom stereocenters. The zero-order chi connectivity index (χ0) is 19.0. The molecule has 0 atom stereocenters. The molecular weight excluding hydrogens is 384 g/mol. The quantitative estimate of drug-likeness (QED) is 0.499. The highest BCUT2D eigenvalue weighted by Gasteiger charge is 2.17. The number of hydrogen-bond acceptors (Lipinski definition) is 4. The third-order valence-corrected chi connectivity index (χ3v) is 5.89. The fourth-order valence-corrected chi connectivity index (χ4v) is 4.06. The van der Waals surface area contributed by atoms with Crippen molar-refractivity contribution in [2.45, 2.75) is 11.8 Å². The van der Waals surface area contributed by atoms with Gasteiger partial charge in [-0.1, -0.05) is 29.8 Å². The fraction of sp³-hybridized carbons (Fsp3) is 0.0526. The minimum Gasteiger partial charge on any atom is -0.346 e. The van der Waals surface area contributed by atoms with Gasteiger partial charge in [-0.15, -0.1) is 0 Å². The van der Waals surface area contributed by atoms with E-state index in [9.17, 15) is 8.42 Å². The number of hydrogen-bond donors (Lipinski definition) is 2. The minimum atomic E-state index is -3.76. The van der Waals surface area contributed by atoms with Crippen LogP contribution < -0.4 is 4.72 Å². The van der Waals surface area contributed by atoms with Gasteiger partial charge in [0.1, 0.15) is 5.65 Å². The second-order valence-electron chi connectivity index (χ2n) is 6.07. The van der Waals surface area contributed by atoms with Crippen molar-refractivity contribution in [2.75, 3.05) is 4.72 Å². The summed E-state index contributed by atoms with van der Waals surface area (Å²) in [6.45, 7) is 1.99. The van der Waals surface area contributed by atoms with E-state index in [2.05, 4.69) is 19.7 Å². The van der Waals surface area contributed by atoms with Crippen molar-refractivity contribution in [3.63, 3.8) is 0 Å². The van der Waals surface area contributed by atoms with Crippen molar-refractivity contribution < 1.29 is 8.42 Å². The van der Waals surface area contributed by atoms with Gasteiger partial charge in [-0.3, -0.25) is 4.72 Å². The van der Waals surface area contributed by atoms with Gasteiger partial charge in [-0.2, -0.15) is 0 Å². The van der Waals surface area contributed by atoms with Gasteiger partial charge in [0.25, 0.3) is 10.0 Å². The summed E-state index contributed by atoms with van der Waals surface area (Å²) in [4.78, 5) is 11.8. The van der Waals surface area contributed by atoms with Crippen molar-refractivity contribution in [1.29, 1.82) is 0 Å². The Morgan fingerprint density at radius 3 is 2.52 bits per heavy atom. The highest BCUT2D eigenvalue weighted by molar-refractivity contribution is 7.92. The largest absolute Gasteiger partial charge is 0.346 e. The van der Waals surface area contributed by atoms with Crippen LogP contribution in [0.4, 0.5) is 5.69 Å². The summed E-state index contributed by atoms with van der Waals surface area (Å²) >= 11 is 6.12. The summed E-state index contributed by atoms with van der Waals surface area (Å²) in [6.07, 6.45) is 5.19. The number of nitrogens with zero attached hydrogens (tertiary/aromatic N) is 2. The van der Waals surface area contributed by atoms with Crippen LogP contribution in [0.3, 0.4) is 0 Å². The smallest absolute Gasteiger partial charge is 0.261 e. The molecule has 0 saturated heterocycles. The zero-order valence-electron chi connectivity index (χ0n) is 14.3. The number of aryl methyl sites for hydroxylation is 1. The van der Waals surface area contributed by atoms with Gasteiger partial charge in [-0.25, -0.2) is 18.4 Å². The standard InChI is InChI=1S/C19H15ClN4O2S/c1-12-9-22-19-16(12)7-13(11-23-19)14-8-17(18(20)21-10-14)24-27(25,26)15-5-3-2-4-6-15/h2-11,24H,1H3,(H,22,23). The Balaban J connectivity index is 1.74. The number of aromatic nitrogens is 3. The molecule has 4 rings (SSSR count). The molecule has 0 spiro atoms. The summed E-state index contributed by atoms with van der Waals surface area (Å²) in [5.41, 5.74) is 3.60. The first-order valence-corrected chi connectivity index (χ1v) is 9.98. The van der Waals surface area contributed by atoms with Crippen molar-refractivity contribution in [3.05, 3.63) is 71.8 Å². The molecule has 0 aliphatic rings. The summed E-state index contributed by atoms with van der Waals surface area (Å²) < 4.78 is 27.7. The lowest BCUT2D eigenvalue weighted by Gasteiger charge is -2.11. The molecular formula is C19H15ClN4O2S. The van der Waals surface area contributed by atoms with Gasteiger partial charge in [0.15, 0.2) is 5.15 Å². The molecule has 0 bridgehead atoms. The monoisotopic (exact) mass is 398 g/mol. The Morgan fingerprint density at radius 1 is 1.04 bits per heavy atom. The van der Waals surface area contributed by atoms with Crippen molar-refractivity contribution in [3.8, 4) is 11.1 Å². The van der Waals surface area contributed by atoms with Crippen LogP contribution in [0.1, 0.15) is 5.56 Å². The van der Waals surface area contributed by atoms with Crippen molar-refractivity contribution in [1.82, 2.24) is 15.0 Å². The lowest BCUT2D eigenvalue weighted by atomic mass is 10.1. The maximum absolute atomic E-state index is 12.6. The first-order valence-electron chi connectivity index (χ1n) is 8.11. The molecule has 0 aliphatic heterocycles. The Labute approximate surface area is 161 Å². The second-order valence-corrected chi connectivity index (χ2v) is 8.11. The highest BCUT2D eigenvalue weighted by atomic mass is 35.5. The topological polar surface area (TPSA) is 87.7 Å². The maximum atomic E-state index is 12.6. The number of rotatable bonds is 4. The average Bonchev–Trinajstić information content (AvgIpc) is 3.04. The zero-order valence-corrected chi connectivity index (χ0v) is 15.8. The van der Waals surface area contributed by atoms with E-state index >= 15 is 0 Å². The van der Waals surface area contributed by atoms with E-state index in [1.54, 1.807) is 36.7 Å². The van der Waals surface area contributed by atoms with Crippen LogP contribution in [0.5, 0.6) is 0 Å². The number of pyridine rings is 2. The van der Waals surface area contributed by atoms with Crippen LogP contribution in [-0.2, 0) is 10.0 Å². The number of benzene rings is 1. The van der Waals surface area contributed by atoms with E-state index in [0.717, 1.165) is 22.2 Å². The van der Waals surface area contributed by atoms with E-state index in [0.29, 0.717) is 5.56 Å². The van der Waals surface area contributed by atoms with E-state index in [-0.39, 0.29) is 15.7 Å². The van der Waals surface area contributed by atoms with Crippen molar-refractivity contribution >= 4 is 38.3 Å². The van der Waals surface area contributed by atoms with Gasteiger partial charge in [0, 0.05) is 35.1 Å². The third kappa shape index (κ3) is 3.39. The normalized spacial score (nSPS) is 11.6. The summed E-state index contributed by atoms with van der Waals surface area (Å²) in [7, 11) is -3.76. The molecule has 0 radical (unpaired) electrons. The summed E-state index contributed by atoms with van der Waals surface area (Å²) in [5.74, 6) is 0. The van der Waals surface area contributed by atoms with Crippen LogP contribution >= 0.6 is 11.6 Å². The number of H-pyrrole nitrogens is 1. The molecule has 0 amide bonds. The SMILES string of the molecule is Cc1c[nH]c2ncc(-c3cnc(Cl)c(NS(=O)(=O)c4ccccc4)c3)cc12. The van der Waals surface area contributed by atoms with Crippen LogP contribution in [0.2, 0.25) is 5.15 Å². The molecule has 3 aromatic heterocycles. The molecule has 6 nitrogen and oxygen atoms in total. The van der Waals surface area contributed by atoms with Crippen molar-refractivity contribution in [2.24, 2.45) is 0 Å². The van der Waals surface area contributed by atoms with Gasteiger partial charge < -0.3 is 4.98 Å². The number of halogens is 1. The lowest BCUT2D eigenvalue weighted by Crippen LogP contribution is -2.13.